The van der Waals surface area contributed by atoms with Crippen LogP contribution in [-0.4, -0.2) is 36.4 Å². The summed E-state index contributed by atoms with van der Waals surface area (Å²) in [6.45, 7) is 6.55. The van der Waals surface area contributed by atoms with Crippen LogP contribution in [0.15, 0.2) is 23.4 Å². The molecule has 1 aromatic carbocycles. The number of nitrogens with zero attached hydrogens (tertiary/aromatic N) is 1. The van der Waals surface area contributed by atoms with Gasteiger partial charge >= 0.3 is 0 Å². The van der Waals surface area contributed by atoms with Crippen LogP contribution in [0.3, 0.4) is 0 Å². The molecular weight excluding hydrogens is 306 g/mol. The van der Waals surface area contributed by atoms with E-state index in [2.05, 4.69) is 29.3 Å². The first-order valence-corrected chi connectivity index (χ1v) is 8.16. The van der Waals surface area contributed by atoms with Crippen molar-refractivity contribution in [3.63, 3.8) is 0 Å². The topological polar surface area (TPSA) is 75.7 Å². The minimum absolute atomic E-state index is 0.0869. The number of aromatic amines is 1. The lowest BCUT2D eigenvalue weighted by molar-refractivity contribution is 0.0751. The van der Waals surface area contributed by atoms with Crippen molar-refractivity contribution in [2.24, 2.45) is 11.1 Å². The van der Waals surface area contributed by atoms with E-state index in [1.54, 1.807) is 7.11 Å². The molecule has 0 fully saturated rings. The Morgan fingerprint density at radius 3 is 2.96 bits per heavy atom. The molecule has 2 N–H and O–H groups in total. The van der Waals surface area contributed by atoms with Gasteiger partial charge in [-0.15, -0.1) is 0 Å². The van der Waals surface area contributed by atoms with Crippen LogP contribution in [0.25, 0.3) is 10.9 Å². The number of aromatic nitrogens is 1. The summed E-state index contributed by atoms with van der Waals surface area (Å²) in [5.74, 6) is 1.01. The quantitative estimate of drug-likeness (QED) is 0.885. The summed E-state index contributed by atoms with van der Waals surface area (Å²) in [6, 6.07) is 5.72. The third-order valence-electron chi connectivity index (χ3n) is 4.41. The van der Waals surface area contributed by atoms with Gasteiger partial charge in [0.2, 0.25) is 0 Å². The zero-order valence-electron chi connectivity index (χ0n) is 14.5. The molecule has 0 unspecified atom stereocenters. The molecule has 0 spiro atoms. The second-order valence-corrected chi connectivity index (χ2v) is 6.42. The van der Waals surface area contributed by atoms with Gasteiger partial charge in [-0.2, -0.15) is 0 Å². The molecule has 128 valence electrons. The number of benzene rings is 1. The molecule has 0 saturated heterocycles. The molecule has 1 aromatic heterocycles. The lowest BCUT2D eigenvalue weighted by atomic mass is 10.0. The van der Waals surface area contributed by atoms with Crippen molar-refractivity contribution in [3.05, 3.63) is 29.5 Å². The van der Waals surface area contributed by atoms with Crippen molar-refractivity contribution in [1.82, 2.24) is 10.3 Å². The van der Waals surface area contributed by atoms with Crippen molar-refractivity contribution in [3.8, 4) is 5.75 Å². The van der Waals surface area contributed by atoms with Gasteiger partial charge in [0.05, 0.1) is 19.4 Å². The highest BCUT2D eigenvalue weighted by molar-refractivity contribution is 6.01. The fourth-order valence-corrected chi connectivity index (χ4v) is 2.86. The van der Waals surface area contributed by atoms with Gasteiger partial charge < -0.3 is 19.9 Å². The lowest BCUT2D eigenvalue weighted by Crippen LogP contribution is -2.33. The van der Waals surface area contributed by atoms with E-state index >= 15 is 0 Å². The van der Waals surface area contributed by atoms with Crippen LogP contribution in [0.1, 0.15) is 36.3 Å². The molecule has 6 nitrogen and oxygen atoms in total. The van der Waals surface area contributed by atoms with E-state index in [-0.39, 0.29) is 12.0 Å². The monoisotopic (exact) mass is 329 g/mol. The smallest absolute Gasteiger partial charge is 0.268 e. The molecule has 0 radical (unpaired) electrons. The van der Waals surface area contributed by atoms with Crippen molar-refractivity contribution in [2.75, 3.05) is 13.7 Å². The van der Waals surface area contributed by atoms with Gasteiger partial charge in [-0.3, -0.25) is 4.79 Å². The lowest BCUT2D eigenvalue weighted by Gasteiger charge is -2.10. The summed E-state index contributed by atoms with van der Waals surface area (Å²) < 4.78 is 5.25. The number of aryl methyl sites for hydroxylation is 1. The maximum atomic E-state index is 12.5. The number of rotatable bonds is 5. The second-order valence-electron chi connectivity index (χ2n) is 6.42. The predicted octanol–water partition coefficient (Wildman–Crippen LogP) is 3.02. The Labute approximate surface area is 141 Å². The second kappa shape index (κ2) is 6.55. The normalized spacial score (nSPS) is 17.0. The van der Waals surface area contributed by atoms with Gasteiger partial charge in [0.1, 0.15) is 17.5 Å². The number of H-pyrrole nitrogens is 1. The molecule has 1 amide bonds. The average molecular weight is 329 g/mol. The molecule has 0 aliphatic carbocycles. The van der Waals surface area contributed by atoms with Crippen LogP contribution in [0.4, 0.5) is 0 Å². The molecule has 2 heterocycles. The molecule has 0 saturated carbocycles. The predicted molar refractivity (Wildman–Crippen MR) is 93.7 cm³/mol. The fraction of sp³-hybridized carbons (Fsp3) is 0.444. The highest BCUT2D eigenvalue weighted by atomic mass is 16.6. The number of oxime groups is 1. The van der Waals surface area contributed by atoms with Crippen LogP contribution in [0, 0.1) is 12.8 Å². The number of fused-ring (bicyclic) bond motifs is 1. The average Bonchev–Trinajstić information content (AvgIpc) is 3.17. The van der Waals surface area contributed by atoms with Crippen molar-refractivity contribution in [1.29, 1.82) is 0 Å². The molecule has 2 aromatic rings. The zero-order valence-corrected chi connectivity index (χ0v) is 14.5. The van der Waals surface area contributed by atoms with Crippen molar-refractivity contribution < 1.29 is 14.4 Å². The summed E-state index contributed by atoms with van der Waals surface area (Å²) in [6.07, 6.45) is 0.678. The Morgan fingerprint density at radius 1 is 1.50 bits per heavy atom. The Hall–Kier alpha value is -2.50. The fourth-order valence-electron chi connectivity index (χ4n) is 2.86. The number of methoxy groups -OCH3 is 1. The molecular formula is C18H23N3O3. The van der Waals surface area contributed by atoms with E-state index in [0.717, 1.165) is 34.3 Å². The van der Waals surface area contributed by atoms with Gasteiger partial charge in [-0.05, 0) is 36.6 Å². The van der Waals surface area contributed by atoms with Gasteiger partial charge in [-0.25, -0.2) is 0 Å². The number of carbonyl (C=O) groups is 1. The molecule has 1 aliphatic heterocycles. The van der Waals surface area contributed by atoms with Crippen LogP contribution >= 0.6 is 0 Å². The number of hydrogen-bond acceptors (Lipinski definition) is 4. The van der Waals surface area contributed by atoms with Gasteiger partial charge in [-0.1, -0.05) is 19.0 Å². The maximum Gasteiger partial charge on any atom is 0.268 e. The summed E-state index contributed by atoms with van der Waals surface area (Å²) >= 11 is 0. The van der Waals surface area contributed by atoms with Crippen LogP contribution in [-0.2, 0) is 4.84 Å². The molecule has 6 heteroatoms. The third-order valence-corrected chi connectivity index (χ3v) is 4.41. The zero-order chi connectivity index (χ0) is 17.3. The van der Waals surface area contributed by atoms with Gasteiger partial charge in [0.25, 0.3) is 5.91 Å². The van der Waals surface area contributed by atoms with Crippen LogP contribution in [0.2, 0.25) is 0 Å². The highest BCUT2D eigenvalue weighted by Crippen LogP contribution is 2.26. The standard InChI is InChI=1S/C18H23N3O3/c1-10(2)16-8-13(24-21-16)9-19-18(22)17-11(3)14-7-12(23-4)5-6-15(14)20-17/h5-7,10,13,20H,8-9H2,1-4H3,(H,19,22)/t13-/m1/s1. The van der Waals surface area contributed by atoms with E-state index in [9.17, 15) is 4.79 Å². The van der Waals surface area contributed by atoms with Crippen molar-refractivity contribution in [2.45, 2.75) is 33.3 Å². The Kier molecular flexibility index (Phi) is 4.46. The first-order chi connectivity index (χ1) is 11.5. The Bertz CT molecular complexity index is 792. The molecule has 3 rings (SSSR count). The van der Waals surface area contributed by atoms with Crippen molar-refractivity contribution >= 4 is 22.5 Å². The van der Waals surface area contributed by atoms with Crippen LogP contribution < -0.4 is 10.1 Å². The minimum atomic E-state index is -0.135. The van der Waals surface area contributed by atoms with E-state index in [1.807, 2.05) is 25.1 Å². The summed E-state index contributed by atoms with van der Waals surface area (Å²) in [7, 11) is 1.63. The van der Waals surface area contributed by atoms with E-state index in [0.29, 0.717) is 18.2 Å². The number of ether oxygens (including phenoxy) is 1. The van der Waals surface area contributed by atoms with Gasteiger partial charge in [0.15, 0.2) is 0 Å². The van der Waals surface area contributed by atoms with Gasteiger partial charge in [0, 0.05) is 17.3 Å². The Balaban J connectivity index is 1.67. The minimum Gasteiger partial charge on any atom is -0.497 e. The number of amides is 1. The SMILES string of the molecule is COc1ccc2[nH]c(C(=O)NC[C@H]3CC(C(C)C)=NO3)c(C)c2c1. The summed E-state index contributed by atoms with van der Waals surface area (Å²) in [5.41, 5.74) is 3.44. The first kappa shape index (κ1) is 16.4. The molecule has 24 heavy (non-hydrogen) atoms. The maximum absolute atomic E-state index is 12.5. The van der Waals surface area contributed by atoms with E-state index < -0.39 is 0 Å². The number of carbonyl (C=O) groups excluding carboxylic acids is 1. The van der Waals surface area contributed by atoms with Crippen LogP contribution in [0.5, 0.6) is 5.75 Å². The molecule has 1 aliphatic rings. The van der Waals surface area contributed by atoms with E-state index in [1.165, 1.54) is 0 Å². The Morgan fingerprint density at radius 2 is 2.29 bits per heavy atom. The molecule has 1 atom stereocenters. The summed E-state index contributed by atoms with van der Waals surface area (Å²) in [4.78, 5) is 21.1. The largest absolute Gasteiger partial charge is 0.497 e. The number of hydrogen-bond donors (Lipinski definition) is 2. The first-order valence-electron chi connectivity index (χ1n) is 8.16. The number of nitrogens with one attached hydrogen (secondary N) is 2. The third kappa shape index (κ3) is 3.09. The summed E-state index contributed by atoms with van der Waals surface area (Å²) in [5, 5.41) is 8.00. The van der Waals surface area contributed by atoms with E-state index in [4.69, 9.17) is 9.57 Å². The highest BCUT2D eigenvalue weighted by Gasteiger charge is 2.24. The molecule has 0 bridgehead atoms.